The van der Waals surface area contributed by atoms with E-state index in [0.717, 1.165) is 55.2 Å². The van der Waals surface area contributed by atoms with Gasteiger partial charge in [-0.1, -0.05) is 13.0 Å². The number of benzene rings is 1. The van der Waals surface area contributed by atoms with Gasteiger partial charge in [0.15, 0.2) is 5.82 Å². The summed E-state index contributed by atoms with van der Waals surface area (Å²) in [6.07, 6.45) is 2.94. The molecule has 1 fully saturated rings. The Kier molecular flexibility index (Phi) is 4.17. The van der Waals surface area contributed by atoms with Gasteiger partial charge in [0, 0.05) is 38.1 Å². The number of nitrogens with one attached hydrogen (secondary N) is 1. The van der Waals surface area contributed by atoms with Crippen molar-refractivity contribution in [3.05, 3.63) is 41.6 Å². The number of piperazine rings is 1. The van der Waals surface area contributed by atoms with Crippen LogP contribution in [-0.2, 0) is 6.42 Å². The zero-order valence-corrected chi connectivity index (χ0v) is 15.2. The van der Waals surface area contributed by atoms with Gasteiger partial charge in [0.25, 0.3) is 0 Å². The van der Waals surface area contributed by atoms with E-state index in [1.165, 1.54) is 16.8 Å². The Morgan fingerprint density at radius 2 is 1.92 bits per heavy atom. The molecule has 5 heteroatoms. The summed E-state index contributed by atoms with van der Waals surface area (Å²) in [5.41, 5.74) is 6.75. The lowest BCUT2D eigenvalue weighted by molar-refractivity contribution is 0.313. The van der Waals surface area contributed by atoms with Crippen molar-refractivity contribution < 1.29 is 0 Å². The number of nitrogens with zero attached hydrogens (tertiary/aromatic N) is 4. The van der Waals surface area contributed by atoms with Crippen molar-refractivity contribution in [2.75, 3.05) is 38.1 Å². The topological polar surface area (TPSA) is 48.1 Å². The largest absolute Gasteiger partial charge is 0.369 e. The van der Waals surface area contributed by atoms with Gasteiger partial charge in [0.1, 0.15) is 5.69 Å². The number of pyridine rings is 1. The highest BCUT2D eigenvalue weighted by molar-refractivity contribution is 5.85. The van der Waals surface area contributed by atoms with Gasteiger partial charge in [-0.25, -0.2) is 4.98 Å². The first-order chi connectivity index (χ1) is 12.1. The molecule has 3 aromatic rings. The highest BCUT2D eigenvalue weighted by Gasteiger charge is 2.17. The van der Waals surface area contributed by atoms with Crippen LogP contribution in [0.4, 0.5) is 5.69 Å². The normalized spacial score (nSPS) is 15.9. The lowest BCUT2D eigenvalue weighted by Gasteiger charge is -2.34. The van der Waals surface area contributed by atoms with E-state index in [1.54, 1.807) is 0 Å². The van der Waals surface area contributed by atoms with E-state index in [9.17, 15) is 0 Å². The molecule has 0 unspecified atom stereocenters. The third-order valence-electron chi connectivity index (χ3n) is 5.11. The number of fused-ring (bicyclic) bond motifs is 1. The maximum absolute atomic E-state index is 4.79. The maximum Gasteiger partial charge on any atom is 0.157 e. The molecule has 1 aromatic carbocycles. The van der Waals surface area contributed by atoms with E-state index < -0.39 is 0 Å². The van der Waals surface area contributed by atoms with Gasteiger partial charge < -0.3 is 14.8 Å². The van der Waals surface area contributed by atoms with Gasteiger partial charge in [0.05, 0.1) is 11.0 Å². The molecule has 0 radical (unpaired) electrons. The number of likely N-dealkylation sites (N-methyl/N-ethyl adjacent to an activating group) is 1. The van der Waals surface area contributed by atoms with Gasteiger partial charge in [0.2, 0.25) is 0 Å². The van der Waals surface area contributed by atoms with E-state index in [0.29, 0.717) is 0 Å². The zero-order chi connectivity index (χ0) is 17.4. The first-order valence-corrected chi connectivity index (χ1v) is 9.03. The predicted octanol–water partition coefficient (Wildman–Crippen LogP) is 3.25. The van der Waals surface area contributed by atoms with Crippen LogP contribution in [0, 0.1) is 6.92 Å². The number of anilines is 1. The molecular weight excluding hydrogens is 310 g/mol. The van der Waals surface area contributed by atoms with Crippen molar-refractivity contribution >= 4 is 16.7 Å². The summed E-state index contributed by atoms with van der Waals surface area (Å²) in [7, 11) is 2.18. The predicted molar refractivity (Wildman–Crippen MR) is 103 cm³/mol. The molecule has 1 saturated heterocycles. The Labute approximate surface area is 148 Å². The van der Waals surface area contributed by atoms with E-state index in [-0.39, 0.29) is 0 Å². The molecule has 0 saturated carbocycles. The van der Waals surface area contributed by atoms with Crippen LogP contribution in [0.5, 0.6) is 0 Å². The van der Waals surface area contributed by atoms with Crippen molar-refractivity contribution in [3.63, 3.8) is 0 Å². The molecule has 3 heterocycles. The van der Waals surface area contributed by atoms with Crippen LogP contribution < -0.4 is 4.90 Å². The first kappa shape index (κ1) is 16.1. The summed E-state index contributed by atoms with van der Waals surface area (Å²) in [5.74, 6) is 0.844. The van der Waals surface area contributed by atoms with Crippen LogP contribution in [0.1, 0.15) is 18.1 Å². The Balaban J connectivity index is 1.69. The van der Waals surface area contributed by atoms with Crippen LogP contribution in [0.15, 0.2) is 30.5 Å². The first-order valence-electron chi connectivity index (χ1n) is 9.03. The number of imidazole rings is 1. The molecule has 0 bridgehead atoms. The van der Waals surface area contributed by atoms with Crippen molar-refractivity contribution in [1.82, 2.24) is 19.9 Å². The molecule has 0 atom stereocenters. The third-order valence-corrected chi connectivity index (χ3v) is 5.11. The fraction of sp³-hybridized carbons (Fsp3) is 0.400. The summed E-state index contributed by atoms with van der Waals surface area (Å²) in [4.78, 5) is 17.7. The van der Waals surface area contributed by atoms with Gasteiger partial charge in [-0.3, -0.25) is 4.98 Å². The molecular formula is C20H25N5. The monoisotopic (exact) mass is 335 g/mol. The number of H-pyrrole nitrogens is 1. The van der Waals surface area contributed by atoms with E-state index in [1.807, 2.05) is 12.3 Å². The summed E-state index contributed by atoms with van der Waals surface area (Å²) >= 11 is 0. The number of aromatic amines is 1. The van der Waals surface area contributed by atoms with Crippen LogP contribution in [-0.4, -0.2) is 53.1 Å². The fourth-order valence-electron chi connectivity index (χ4n) is 3.41. The second kappa shape index (κ2) is 6.48. The second-order valence-corrected chi connectivity index (χ2v) is 6.94. The smallest absolute Gasteiger partial charge is 0.157 e. The fourth-order valence-corrected chi connectivity index (χ4v) is 3.41. The van der Waals surface area contributed by atoms with E-state index >= 15 is 0 Å². The van der Waals surface area contributed by atoms with Gasteiger partial charge in [-0.2, -0.15) is 0 Å². The Hall–Kier alpha value is -2.40. The number of aromatic nitrogens is 3. The summed E-state index contributed by atoms with van der Waals surface area (Å²) < 4.78 is 0. The molecule has 5 nitrogen and oxygen atoms in total. The van der Waals surface area contributed by atoms with Crippen molar-refractivity contribution in [2.24, 2.45) is 0 Å². The third kappa shape index (κ3) is 3.12. The molecule has 25 heavy (non-hydrogen) atoms. The highest BCUT2D eigenvalue weighted by atomic mass is 15.2. The maximum atomic E-state index is 4.79. The lowest BCUT2D eigenvalue weighted by atomic mass is 10.1. The van der Waals surface area contributed by atoms with Crippen LogP contribution >= 0.6 is 0 Å². The lowest BCUT2D eigenvalue weighted by Crippen LogP contribution is -2.44. The molecule has 2 aromatic heterocycles. The Morgan fingerprint density at radius 1 is 1.12 bits per heavy atom. The molecule has 130 valence electrons. The Bertz CT molecular complexity index is 873. The minimum atomic E-state index is 0.844. The molecule has 4 rings (SSSR count). The van der Waals surface area contributed by atoms with Crippen molar-refractivity contribution in [2.45, 2.75) is 20.3 Å². The second-order valence-electron chi connectivity index (χ2n) is 6.94. The zero-order valence-electron chi connectivity index (χ0n) is 15.2. The summed E-state index contributed by atoms with van der Waals surface area (Å²) in [5, 5.41) is 0. The number of hydrogen-bond acceptors (Lipinski definition) is 4. The average molecular weight is 335 g/mol. The van der Waals surface area contributed by atoms with Crippen LogP contribution in [0.2, 0.25) is 0 Å². The minimum Gasteiger partial charge on any atom is -0.369 e. The average Bonchev–Trinajstić information content (AvgIpc) is 3.07. The highest BCUT2D eigenvalue weighted by Crippen LogP contribution is 2.27. The Morgan fingerprint density at radius 3 is 2.60 bits per heavy atom. The van der Waals surface area contributed by atoms with Crippen molar-refractivity contribution in [3.8, 4) is 11.5 Å². The molecule has 0 amide bonds. The number of aryl methyl sites for hydroxylation is 2. The van der Waals surface area contributed by atoms with Gasteiger partial charge in [-0.05, 0) is 49.7 Å². The quantitative estimate of drug-likeness (QED) is 0.798. The molecule has 0 aliphatic carbocycles. The van der Waals surface area contributed by atoms with E-state index in [4.69, 9.17) is 4.98 Å². The van der Waals surface area contributed by atoms with Crippen molar-refractivity contribution in [1.29, 1.82) is 0 Å². The summed E-state index contributed by atoms with van der Waals surface area (Å²) in [6, 6.07) is 8.65. The summed E-state index contributed by atoms with van der Waals surface area (Å²) in [6.45, 7) is 8.64. The molecule has 1 N–H and O–H groups in total. The molecule has 0 spiro atoms. The van der Waals surface area contributed by atoms with Crippen LogP contribution in [0.25, 0.3) is 22.6 Å². The van der Waals surface area contributed by atoms with Crippen LogP contribution in [0.3, 0.4) is 0 Å². The van der Waals surface area contributed by atoms with Gasteiger partial charge in [-0.15, -0.1) is 0 Å². The van der Waals surface area contributed by atoms with Gasteiger partial charge >= 0.3 is 0 Å². The molecule has 1 aliphatic rings. The molecule has 1 aliphatic heterocycles. The van der Waals surface area contributed by atoms with E-state index in [2.05, 4.69) is 58.9 Å². The number of hydrogen-bond donors (Lipinski definition) is 1. The standard InChI is InChI=1S/C20H25N5/c1-4-15-5-6-17(21-13-15)20-22-18-12-16(11-14(2)19(18)23-20)25-9-7-24(3)8-10-25/h5-6,11-13H,4,7-10H2,1-3H3,(H,22,23). The minimum absolute atomic E-state index is 0.844. The number of rotatable bonds is 3. The SMILES string of the molecule is CCc1ccc(-c2nc3c(C)cc(N4CCN(C)CC4)cc3[nH]2)nc1.